The third-order valence-electron chi connectivity index (χ3n) is 2.89. The third kappa shape index (κ3) is 4.35. The quantitative estimate of drug-likeness (QED) is 0.659. The number of carbonyl (C=O) groups excluding carboxylic acids is 1. The molecule has 0 spiro atoms. The van der Waals surface area contributed by atoms with E-state index >= 15 is 0 Å². The van der Waals surface area contributed by atoms with E-state index in [9.17, 15) is 4.79 Å². The van der Waals surface area contributed by atoms with E-state index in [2.05, 4.69) is 16.6 Å². The fourth-order valence-corrected chi connectivity index (χ4v) is 1.82. The van der Waals surface area contributed by atoms with E-state index in [-0.39, 0.29) is 11.9 Å². The normalized spacial score (nSPS) is 22.0. The van der Waals surface area contributed by atoms with Crippen LogP contribution in [0.2, 0.25) is 0 Å². The maximum absolute atomic E-state index is 11.5. The van der Waals surface area contributed by atoms with Gasteiger partial charge in [0, 0.05) is 6.42 Å². The highest BCUT2D eigenvalue weighted by atomic mass is 16.1. The molecular formula is C12H20N2O. The van der Waals surface area contributed by atoms with Crippen molar-refractivity contribution in [2.45, 2.75) is 38.6 Å². The smallest absolute Gasteiger partial charge is 0.220 e. The largest absolute Gasteiger partial charge is 0.342 e. The molecule has 2 unspecified atom stereocenters. The Morgan fingerprint density at radius 1 is 1.73 bits per heavy atom. The lowest BCUT2D eigenvalue weighted by Crippen LogP contribution is -2.33. The summed E-state index contributed by atoms with van der Waals surface area (Å²) in [7, 11) is 0. The molecule has 3 heteroatoms. The number of amides is 1. The Kier molecular flexibility index (Phi) is 5.20. The summed E-state index contributed by atoms with van der Waals surface area (Å²) < 4.78 is 0. The zero-order valence-electron chi connectivity index (χ0n) is 9.38. The summed E-state index contributed by atoms with van der Waals surface area (Å²) in [4.78, 5) is 11.5. The van der Waals surface area contributed by atoms with Crippen LogP contribution in [0, 0.1) is 18.3 Å². The van der Waals surface area contributed by atoms with E-state index < -0.39 is 0 Å². The molecule has 2 N–H and O–H groups in total. The average Bonchev–Trinajstić information content (AvgIpc) is 2.75. The van der Waals surface area contributed by atoms with Crippen molar-refractivity contribution >= 4 is 5.91 Å². The summed E-state index contributed by atoms with van der Waals surface area (Å²) in [5.41, 5.74) is 0. The first-order valence-electron chi connectivity index (χ1n) is 5.72. The van der Waals surface area contributed by atoms with Gasteiger partial charge in [-0.3, -0.25) is 4.79 Å². The molecule has 1 saturated heterocycles. The number of rotatable bonds is 5. The van der Waals surface area contributed by atoms with Gasteiger partial charge in [0.1, 0.15) is 0 Å². The van der Waals surface area contributed by atoms with Crippen LogP contribution in [-0.4, -0.2) is 25.0 Å². The lowest BCUT2D eigenvalue weighted by molar-refractivity contribution is -0.121. The third-order valence-corrected chi connectivity index (χ3v) is 2.89. The fourth-order valence-electron chi connectivity index (χ4n) is 1.82. The van der Waals surface area contributed by atoms with Crippen LogP contribution in [0.4, 0.5) is 0 Å². The van der Waals surface area contributed by atoms with Crippen molar-refractivity contribution in [3.05, 3.63) is 0 Å². The fraction of sp³-hybridized carbons (Fsp3) is 0.750. The topological polar surface area (TPSA) is 41.1 Å². The molecular weight excluding hydrogens is 188 g/mol. The van der Waals surface area contributed by atoms with Gasteiger partial charge in [-0.2, -0.15) is 0 Å². The zero-order valence-corrected chi connectivity index (χ0v) is 9.38. The van der Waals surface area contributed by atoms with Crippen molar-refractivity contribution in [1.29, 1.82) is 0 Å². The van der Waals surface area contributed by atoms with E-state index in [1.807, 2.05) is 6.92 Å². The molecule has 1 aliphatic heterocycles. The number of nitrogens with one attached hydrogen (secondary N) is 2. The van der Waals surface area contributed by atoms with E-state index in [0.717, 1.165) is 25.9 Å². The first-order valence-corrected chi connectivity index (χ1v) is 5.72. The maximum atomic E-state index is 11.5. The van der Waals surface area contributed by atoms with Gasteiger partial charge in [0.05, 0.1) is 6.04 Å². The van der Waals surface area contributed by atoms with Crippen LogP contribution in [0.3, 0.4) is 0 Å². The molecule has 2 atom stereocenters. The van der Waals surface area contributed by atoms with Crippen LogP contribution in [-0.2, 0) is 4.79 Å². The highest BCUT2D eigenvalue weighted by molar-refractivity contribution is 5.76. The Labute approximate surface area is 92.0 Å². The molecule has 0 bridgehead atoms. The summed E-state index contributed by atoms with van der Waals surface area (Å²) in [5, 5.41) is 6.14. The molecule has 0 aromatic rings. The predicted octanol–water partition coefficient (Wildman–Crippen LogP) is 0.904. The molecule has 1 fully saturated rings. The van der Waals surface area contributed by atoms with Gasteiger partial charge < -0.3 is 10.6 Å². The maximum Gasteiger partial charge on any atom is 0.220 e. The Hall–Kier alpha value is -1.01. The number of hydrogen-bond acceptors (Lipinski definition) is 2. The van der Waals surface area contributed by atoms with Gasteiger partial charge in [0.25, 0.3) is 0 Å². The Balaban J connectivity index is 2.15. The van der Waals surface area contributed by atoms with Crippen LogP contribution >= 0.6 is 0 Å². The molecule has 1 rings (SSSR count). The number of terminal acetylenes is 1. The first kappa shape index (κ1) is 12.1. The second-order valence-corrected chi connectivity index (χ2v) is 4.09. The van der Waals surface area contributed by atoms with Gasteiger partial charge in [0.2, 0.25) is 5.91 Å². The van der Waals surface area contributed by atoms with Crippen LogP contribution in [0.15, 0.2) is 0 Å². The van der Waals surface area contributed by atoms with Gasteiger partial charge in [0.15, 0.2) is 0 Å². The van der Waals surface area contributed by atoms with Crippen molar-refractivity contribution in [3.63, 3.8) is 0 Å². The minimum atomic E-state index is -0.0980. The molecule has 0 radical (unpaired) electrons. The van der Waals surface area contributed by atoms with Crippen molar-refractivity contribution in [1.82, 2.24) is 10.6 Å². The lowest BCUT2D eigenvalue weighted by Gasteiger charge is -2.12. The molecule has 1 amide bonds. The number of hydrogen-bond donors (Lipinski definition) is 2. The van der Waals surface area contributed by atoms with E-state index in [0.29, 0.717) is 12.3 Å². The molecule has 0 saturated carbocycles. The van der Waals surface area contributed by atoms with E-state index in [1.54, 1.807) is 0 Å². The van der Waals surface area contributed by atoms with Crippen molar-refractivity contribution in [2.24, 2.45) is 5.92 Å². The van der Waals surface area contributed by atoms with Crippen molar-refractivity contribution in [3.8, 4) is 12.3 Å². The number of carbonyl (C=O) groups is 1. The second kappa shape index (κ2) is 6.47. The van der Waals surface area contributed by atoms with Gasteiger partial charge in [-0.25, -0.2) is 0 Å². The van der Waals surface area contributed by atoms with Crippen molar-refractivity contribution < 1.29 is 4.79 Å². The molecule has 0 aliphatic carbocycles. The van der Waals surface area contributed by atoms with Gasteiger partial charge in [-0.05, 0) is 38.3 Å². The molecule has 0 aromatic carbocycles. The van der Waals surface area contributed by atoms with Crippen molar-refractivity contribution in [2.75, 3.05) is 13.1 Å². The summed E-state index contributed by atoms with van der Waals surface area (Å²) in [5.74, 6) is 3.32. The minimum Gasteiger partial charge on any atom is -0.342 e. The summed E-state index contributed by atoms with van der Waals surface area (Å²) >= 11 is 0. The van der Waals surface area contributed by atoms with Crippen LogP contribution in [0.1, 0.15) is 32.6 Å². The second-order valence-electron chi connectivity index (χ2n) is 4.09. The predicted molar refractivity (Wildman–Crippen MR) is 61.3 cm³/mol. The lowest BCUT2D eigenvalue weighted by atomic mass is 10.0. The summed E-state index contributed by atoms with van der Waals surface area (Å²) in [6.07, 6.45) is 8.84. The SMILES string of the molecule is C#CC(CC)NC(=O)CCC1CCNC1. The van der Waals surface area contributed by atoms with Gasteiger partial charge in [-0.1, -0.05) is 12.8 Å². The molecule has 3 nitrogen and oxygen atoms in total. The van der Waals surface area contributed by atoms with E-state index in [1.165, 1.54) is 6.42 Å². The van der Waals surface area contributed by atoms with Crippen LogP contribution < -0.4 is 10.6 Å². The van der Waals surface area contributed by atoms with Crippen LogP contribution in [0.25, 0.3) is 0 Å². The molecule has 1 aliphatic rings. The molecule has 0 aromatic heterocycles. The summed E-state index contributed by atoms with van der Waals surface area (Å²) in [6.45, 7) is 4.12. The van der Waals surface area contributed by atoms with Gasteiger partial charge in [-0.15, -0.1) is 6.42 Å². The molecule has 1 heterocycles. The van der Waals surface area contributed by atoms with Crippen LogP contribution in [0.5, 0.6) is 0 Å². The molecule has 84 valence electrons. The Morgan fingerprint density at radius 2 is 2.53 bits per heavy atom. The van der Waals surface area contributed by atoms with E-state index in [4.69, 9.17) is 6.42 Å². The Morgan fingerprint density at radius 3 is 3.07 bits per heavy atom. The molecule has 15 heavy (non-hydrogen) atoms. The highest BCUT2D eigenvalue weighted by Gasteiger charge is 2.16. The Bertz CT molecular complexity index is 238. The highest BCUT2D eigenvalue weighted by Crippen LogP contribution is 2.13. The minimum absolute atomic E-state index is 0.0895. The summed E-state index contributed by atoms with van der Waals surface area (Å²) in [6, 6.07) is -0.0980. The van der Waals surface area contributed by atoms with Gasteiger partial charge >= 0.3 is 0 Å². The standard InChI is InChI=1S/C12H20N2O/c1-3-11(4-2)14-12(15)6-5-10-7-8-13-9-10/h1,10-11,13H,4-9H2,2H3,(H,14,15). The average molecular weight is 208 g/mol. The zero-order chi connectivity index (χ0) is 11.1. The monoisotopic (exact) mass is 208 g/mol. The first-order chi connectivity index (χ1) is 7.26.